The van der Waals surface area contributed by atoms with Crippen LogP contribution in [0.1, 0.15) is 71.1 Å². The minimum atomic E-state index is -0.579. The largest absolute Gasteiger partial charge is 0.378 e. The van der Waals surface area contributed by atoms with Crippen LogP contribution < -0.4 is 16.4 Å². The fraction of sp³-hybridized carbons (Fsp3) is 0.792. The van der Waals surface area contributed by atoms with Crippen molar-refractivity contribution < 1.29 is 44.3 Å². The Labute approximate surface area is 229 Å². The van der Waals surface area contributed by atoms with Gasteiger partial charge in [-0.05, 0) is 38.5 Å². The summed E-state index contributed by atoms with van der Waals surface area (Å²) in [7, 11) is 0. The summed E-state index contributed by atoms with van der Waals surface area (Å²) in [5, 5.41) is 35.8. The molecule has 0 rings (SSSR count). The van der Waals surface area contributed by atoms with E-state index < -0.39 is 17.7 Å². The molecule has 0 aromatic rings. The van der Waals surface area contributed by atoms with E-state index in [9.17, 15) is 39.6 Å². The molecule has 0 aliphatic carbocycles. The molecule has 0 unspecified atom stereocenters. The molecule has 0 fully saturated rings. The highest BCUT2D eigenvalue weighted by Crippen LogP contribution is 2.02. The lowest BCUT2D eigenvalue weighted by atomic mass is 10.2. The standard InChI is InChI=1S/C24H46N6O9/c1-20(31)28(36)15-6-2-4-13-26-21(32)8-10-23(34)29(37)16-7-3-5-14-27-22(33)9-11-24(35)30(38)17-19-39-18-12-25/h36-38H,2-19,25H2,1H3,(H,26,32)(H,27,33). The summed E-state index contributed by atoms with van der Waals surface area (Å²) in [6, 6.07) is 0. The predicted octanol–water partition coefficient (Wildman–Crippen LogP) is -0.232. The molecule has 5 amide bonds. The van der Waals surface area contributed by atoms with Crippen LogP contribution in [0, 0.1) is 0 Å². The van der Waals surface area contributed by atoms with E-state index in [0.717, 1.165) is 0 Å². The molecule has 0 radical (unpaired) electrons. The van der Waals surface area contributed by atoms with Gasteiger partial charge in [0.05, 0.1) is 19.8 Å². The average Bonchev–Trinajstić information content (AvgIpc) is 2.91. The Bertz CT molecular complexity index is 741. The summed E-state index contributed by atoms with van der Waals surface area (Å²) >= 11 is 0. The normalized spacial score (nSPS) is 10.6. The monoisotopic (exact) mass is 562 g/mol. The Morgan fingerprint density at radius 1 is 0.641 bits per heavy atom. The number of carbonyl (C=O) groups excluding carboxylic acids is 5. The second kappa shape index (κ2) is 23.1. The SMILES string of the molecule is CC(=O)N(O)CCCCCNC(=O)CCC(=O)N(O)CCCCCNC(=O)CCC(=O)N(O)CCOCCN. The molecule has 0 atom stereocenters. The molecule has 0 aromatic carbocycles. The maximum atomic E-state index is 12.0. The highest BCUT2D eigenvalue weighted by Gasteiger charge is 2.14. The van der Waals surface area contributed by atoms with E-state index >= 15 is 0 Å². The maximum absolute atomic E-state index is 12.0. The molecule has 0 saturated heterocycles. The number of carbonyl (C=O) groups is 5. The summed E-state index contributed by atoms with van der Waals surface area (Å²) in [5.74, 6) is -2.18. The molecule has 15 heteroatoms. The molecule has 0 aromatic heterocycles. The van der Waals surface area contributed by atoms with Crippen molar-refractivity contribution in [1.29, 1.82) is 0 Å². The zero-order valence-electron chi connectivity index (χ0n) is 22.9. The number of hydrogen-bond donors (Lipinski definition) is 6. The number of rotatable bonds is 23. The summed E-state index contributed by atoms with van der Waals surface area (Å²) in [5.41, 5.74) is 5.27. The van der Waals surface area contributed by atoms with Crippen molar-refractivity contribution in [3.63, 3.8) is 0 Å². The van der Waals surface area contributed by atoms with E-state index in [-0.39, 0.29) is 63.7 Å². The van der Waals surface area contributed by atoms with Crippen LogP contribution in [0.2, 0.25) is 0 Å². The first kappa shape index (κ1) is 36.1. The topological polar surface area (TPSA) is 215 Å². The first-order valence-electron chi connectivity index (χ1n) is 13.3. The first-order valence-corrected chi connectivity index (χ1v) is 13.3. The second-order valence-corrected chi connectivity index (χ2v) is 8.90. The molecule has 0 saturated carbocycles. The van der Waals surface area contributed by atoms with E-state index in [4.69, 9.17) is 10.5 Å². The predicted molar refractivity (Wildman–Crippen MR) is 138 cm³/mol. The van der Waals surface area contributed by atoms with E-state index in [2.05, 4.69) is 10.6 Å². The van der Waals surface area contributed by atoms with Crippen LogP contribution in [0.25, 0.3) is 0 Å². The molecule has 0 heterocycles. The average molecular weight is 563 g/mol. The zero-order valence-corrected chi connectivity index (χ0v) is 22.9. The molecule has 0 bridgehead atoms. The minimum absolute atomic E-state index is 0.00528. The Kier molecular flexibility index (Phi) is 21.4. The lowest BCUT2D eigenvalue weighted by Gasteiger charge is -2.15. The molecule has 0 aliphatic heterocycles. The highest BCUT2D eigenvalue weighted by atomic mass is 16.5. The maximum Gasteiger partial charge on any atom is 0.246 e. The first-order chi connectivity index (χ1) is 18.6. The van der Waals surface area contributed by atoms with E-state index in [0.29, 0.717) is 80.0 Å². The van der Waals surface area contributed by atoms with E-state index in [1.807, 2.05) is 0 Å². The number of nitrogens with one attached hydrogen (secondary N) is 2. The van der Waals surface area contributed by atoms with Crippen LogP contribution in [0.15, 0.2) is 0 Å². The van der Waals surface area contributed by atoms with Crippen LogP contribution >= 0.6 is 0 Å². The Balaban J connectivity index is 3.75. The van der Waals surface area contributed by atoms with Crippen LogP contribution in [-0.4, -0.2) is 113 Å². The molecule has 0 aliphatic rings. The van der Waals surface area contributed by atoms with Gasteiger partial charge >= 0.3 is 0 Å². The molecule has 226 valence electrons. The quantitative estimate of drug-likeness (QED) is 0.0546. The molecule has 0 spiro atoms. The number of unbranched alkanes of at least 4 members (excludes halogenated alkanes) is 4. The Hall–Kier alpha value is -2.85. The highest BCUT2D eigenvalue weighted by molar-refractivity contribution is 5.83. The Morgan fingerprint density at radius 3 is 1.56 bits per heavy atom. The van der Waals surface area contributed by atoms with E-state index in [1.54, 1.807) is 0 Å². The van der Waals surface area contributed by atoms with Gasteiger partial charge in [-0.25, -0.2) is 15.2 Å². The van der Waals surface area contributed by atoms with Gasteiger partial charge in [-0.3, -0.25) is 39.6 Å². The van der Waals surface area contributed by atoms with Crippen molar-refractivity contribution in [3.05, 3.63) is 0 Å². The van der Waals surface area contributed by atoms with Crippen LogP contribution in [0.4, 0.5) is 0 Å². The number of amides is 5. The lowest BCUT2D eigenvalue weighted by Crippen LogP contribution is -2.33. The van der Waals surface area contributed by atoms with Crippen molar-refractivity contribution in [3.8, 4) is 0 Å². The van der Waals surface area contributed by atoms with Gasteiger partial charge in [0.15, 0.2) is 0 Å². The van der Waals surface area contributed by atoms with Crippen molar-refractivity contribution >= 4 is 29.5 Å². The van der Waals surface area contributed by atoms with Gasteiger partial charge in [0, 0.05) is 65.3 Å². The zero-order chi connectivity index (χ0) is 29.5. The third kappa shape index (κ3) is 20.7. The van der Waals surface area contributed by atoms with Crippen molar-refractivity contribution in [2.45, 2.75) is 71.1 Å². The molecule has 39 heavy (non-hydrogen) atoms. The van der Waals surface area contributed by atoms with Crippen LogP contribution in [-0.2, 0) is 28.7 Å². The third-order valence-corrected chi connectivity index (χ3v) is 5.52. The molecule has 15 nitrogen and oxygen atoms in total. The summed E-state index contributed by atoms with van der Waals surface area (Å²) in [6.07, 6.45) is 3.38. The van der Waals surface area contributed by atoms with Gasteiger partial charge in [-0.15, -0.1) is 0 Å². The van der Waals surface area contributed by atoms with E-state index in [1.165, 1.54) is 6.92 Å². The van der Waals surface area contributed by atoms with Gasteiger partial charge in [0.1, 0.15) is 0 Å². The molecule has 7 N–H and O–H groups in total. The second-order valence-electron chi connectivity index (χ2n) is 8.90. The van der Waals surface area contributed by atoms with Gasteiger partial charge < -0.3 is 21.1 Å². The number of hydrogen-bond acceptors (Lipinski definition) is 10. The van der Waals surface area contributed by atoms with Crippen LogP contribution in [0.5, 0.6) is 0 Å². The van der Waals surface area contributed by atoms with Crippen molar-refractivity contribution in [2.75, 3.05) is 52.5 Å². The van der Waals surface area contributed by atoms with Crippen molar-refractivity contribution in [2.24, 2.45) is 5.73 Å². The third-order valence-electron chi connectivity index (χ3n) is 5.52. The number of hydroxylamine groups is 6. The summed E-state index contributed by atoms with van der Waals surface area (Å²) in [4.78, 5) is 58.3. The van der Waals surface area contributed by atoms with Crippen LogP contribution in [0.3, 0.4) is 0 Å². The minimum Gasteiger partial charge on any atom is -0.378 e. The van der Waals surface area contributed by atoms with Gasteiger partial charge in [-0.2, -0.15) is 0 Å². The lowest BCUT2D eigenvalue weighted by molar-refractivity contribution is -0.168. The summed E-state index contributed by atoms with van der Waals surface area (Å²) < 4.78 is 5.07. The summed E-state index contributed by atoms with van der Waals surface area (Å²) in [6.45, 7) is 3.21. The smallest absolute Gasteiger partial charge is 0.246 e. The number of ether oxygens (including phenoxy) is 1. The number of nitrogens with two attached hydrogens (primary N) is 1. The Morgan fingerprint density at radius 2 is 1.10 bits per heavy atom. The van der Waals surface area contributed by atoms with Crippen molar-refractivity contribution in [1.82, 2.24) is 25.8 Å². The van der Waals surface area contributed by atoms with Gasteiger partial charge in [0.2, 0.25) is 29.5 Å². The molecular weight excluding hydrogens is 516 g/mol. The van der Waals surface area contributed by atoms with Gasteiger partial charge in [-0.1, -0.05) is 0 Å². The fourth-order valence-electron chi connectivity index (χ4n) is 3.20. The number of nitrogens with zero attached hydrogens (tertiary/aromatic N) is 3. The van der Waals surface area contributed by atoms with Gasteiger partial charge in [0.25, 0.3) is 0 Å². The molecular formula is C24H46N6O9. The fourth-order valence-corrected chi connectivity index (χ4v) is 3.20.